The summed E-state index contributed by atoms with van der Waals surface area (Å²) in [4.78, 5) is 17.6. The highest BCUT2D eigenvalue weighted by Crippen LogP contribution is 2.22. The molecule has 0 amide bonds. The van der Waals surface area contributed by atoms with E-state index >= 15 is 0 Å². The van der Waals surface area contributed by atoms with Crippen molar-refractivity contribution in [1.29, 1.82) is 0 Å². The van der Waals surface area contributed by atoms with E-state index in [0.717, 1.165) is 0 Å². The Balaban J connectivity index is 2.78. The fraction of sp³-hybridized carbons (Fsp3) is 0.286. The van der Waals surface area contributed by atoms with E-state index in [4.69, 9.17) is 26.2 Å². The van der Waals surface area contributed by atoms with E-state index in [1.165, 1.54) is 13.3 Å². The second kappa shape index (κ2) is 4.61. The van der Waals surface area contributed by atoms with Gasteiger partial charge >= 0.3 is 12.0 Å². The fourth-order valence-corrected chi connectivity index (χ4v) is 0.812. The largest absolute Gasteiger partial charge is 0.479 e. The summed E-state index contributed by atoms with van der Waals surface area (Å²) in [5.74, 6) is -1.13. The van der Waals surface area contributed by atoms with Crippen LogP contribution < -0.4 is 9.47 Å². The smallest absolute Gasteiger partial charge is 0.341 e. The van der Waals surface area contributed by atoms with E-state index in [2.05, 4.69) is 9.97 Å². The summed E-state index contributed by atoms with van der Waals surface area (Å²) in [6, 6.07) is 0.0646. The molecule has 0 aliphatic heterocycles. The molecule has 0 radical (unpaired) electrons. The number of nitrogens with zero attached hydrogens (tertiary/aromatic N) is 2. The SMILES string of the molecule is COc1ncc(Cl)c(OCC(=O)O)n1. The second-order valence-corrected chi connectivity index (χ2v) is 2.60. The van der Waals surface area contributed by atoms with Gasteiger partial charge in [0.15, 0.2) is 6.61 Å². The molecule has 1 heterocycles. The predicted molar refractivity (Wildman–Crippen MR) is 46.7 cm³/mol. The van der Waals surface area contributed by atoms with E-state index in [-0.39, 0.29) is 16.9 Å². The van der Waals surface area contributed by atoms with Gasteiger partial charge in [0.1, 0.15) is 5.02 Å². The minimum Gasteiger partial charge on any atom is -0.479 e. The third kappa shape index (κ3) is 2.74. The summed E-state index contributed by atoms with van der Waals surface area (Å²) in [7, 11) is 1.38. The van der Waals surface area contributed by atoms with Crippen molar-refractivity contribution >= 4 is 17.6 Å². The Morgan fingerprint density at radius 1 is 1.71 bits per heavy atom. The lowest BCUT2D eigenvalue weighted by Crippen LogP contribution is -2.11. The number of carboxylic acid groups (broad SMARTS) is 1. The maximum Gasteiger partial charge on any atom is 0.341 e. The van der Waals surface area contributed by atoms with Crippen LogP contribution in [0.25, 0.3) is 0 Å². The van der Waals surface area contributed by atoms with Crippen LogP contribution in [0.1, 0.15) is 0 Å². The van der Waals surface area contributed by atoms with Crippen LogP contribution in [0.5, 0.6) is 11.9 Å². The van der Waals surface area contributed by atoms with Crippen molar-refractivity contribution in [2.24, 2.45) is 0 Å². The van der Waals surface area contributed by atoms with Gasteiger partial charge in [0, 0.05) is 0 Å². The molecule has 0 spiro atoms. The van der Waals surface area contributed by atoms with Crippen molar-refractivity contribution in [3.05, 3.63) is 11.2 Å². The number of aromatic nitrogens is 2. The monoisotopic (exact) mass is 218 g/mol. The maximum atomic E-state index is 10.2. The first kappa shape index (κ1) is 10.5. The Labute approximate surface area is 84.5 Å². The third-order valence-corrected chi connectivity index (χ3v) is 1.46. The van der Waals surface area contributed by atoms with Gasteiger partial charge < -0.3 is 14.6 Å². The second-order valence-electron chi connectivity index (χ2n) is 2.19. The van der Waals surface area contributed by atoms with E-state index in [9.17, 15) is 4.79 Å². The lowest BCUT2D eigenvalue weighted by molar-refractivity contribution is -0.139. The van der Waals surface area contributed by atoms with Crippen LogP contribution in [0.3, 0.4) is 0 Å². The molecule has 0 aliphatic carbocycles. The maximum absolute atomic E-state index is 10.2. The molecule has 1 N–H and O–H groups in total. The van der Waals surface area contributed by atoms with Crippen molar-refractivity contribution in [3.8, 4) is 11.9 Å². The van der Waals surface area contributed by atoms with Crippen molar-refractivity contribution in [1.82, 2.24) is 9.97 Å². The molecule has 0 saturated carbocycles. The number of ether oxygens (including phenoxy) is 2. The lowest BCUT2D eigenvalue weighted by atomic mass is 10.6. The molecule has 6 nitrogen and oxygen atoms in total. The van der Waals surface area contributed by atoms with E-state index < -0.39 is 12.6 Å². The number of carboxylic acids is 1. The van der Waals surface area contributed by atoms with Gasteiger partial charge in [-0.3, -0.25) is 0 Å². The Morgan fingerprint density at radius 3 is 3.00 bits per heavy atom. The Kier molecular flexibility index (Phi) is 3.47. The quantitative estimate of drug-likeness (QED) is 0.797. The summed E-state index contributed by atoms with van der Waals surface area (Å²) >= 11 is 5.64. The molecule has 76 valence electrons. The molecule has 0 unspecified atom stereocenters. The van der Waals surface area contributed by atoms with Gasteiger partial charge in [-0.05, 0) is 0 Å². The normalized spacial score (nSPS) is 9.57. The van der Waals surface area contributed by atoms with Gasteiger partial charge in [0.25, 0.3) is 0 Å². The number of rotatable bonds is 4. The number of carbonyl (C=O) groups is 1. The van der Waals surface area contributed by atoms with Crippen molar-refractivity contribution < 1.29 is 19.4 Å². The van der Waals surface area contributed by atoms with E-state index in [1.54, 1.807) is 0 Å². The number of aliphatic carboxylic acids is 1. The van der Waals surface area contributed by atoms with Crippen LogP contribution >= 0.6 is 11.6 Å². The first-order valence-electron chi connectivity index (χ1n) is 3.54. The highest BCUT2D eigenvalue weighted by molar-refractivity contribution is 6.31. The molecule has 0 atom stereocenters. The minimum atomic E-state index is -1.11. The summed E-state index contributed by atoms with van der Waals surface area (Å²) in [5, 5.41) is 8.48. The molecule has 0 bridgehead atoms. The molecule has 0 aromatic carbocycles. The van der Waals surface area contributed by atoms with Gasteiger partial charge in [0.2, 0.25) is 5.88 Å². The summed E-state index contributed by atoms with van der Waals surface area (Å²) in [6.45, 7) is -0.514. The minimum absolute atomic E-state index is 0.0130. The molecule has 0 aliphatic rings. The number of halogens is 1. The number of methoxy groups -OCH3 is 1. The predicted octanol–water partition coefficient (Wildman–Crippen LogP) is 0.602. The van der Waals surface area contributed by atoms with E-state index in [1.807, 2.05) is 0 Å². The third-order valence-electron chi connectivity index (χ3n) is 1.20. The van der Waals surface area contributed by atoms with Gasteiger partial charge in [-0.15, -0.1) is 0 Å². The van der Waals surface area contributed by atoms with Crippen LogP contribution in [-0.4, -0.2) is 34.8 Å². The number of hydrogen-bond donors (Lipinski definition) is 1. The zero-order valence-electron chi connectivity index (χ0n) is 7.23. The molecule has 7 heteroatoms. The highest BCUT2D eigenvalue weighted by atomic mass is 35.5. The zero-order valence-corrected chi connectivity index (χ0v) is 7.98. The standard InChI is InChI=1S/C7H7ClN2O4/c1-13-7-9-2-4(8)6(10-7)14-3-5(11)12/h2H,3H2,1H3,(H,11,12). The average Bonchev–Trinajstić information content (AvgIpc) is 2.16. The van der Waals surface area contributed by atoms with Gasteiger partial charge in [-0.25, -0.2) is 9.78 Å². The fourth-order valence-electron chi connectivity index (χ4n) is 0.666. The summed E-state index contributed by atoms with van der Waals surface area (Å²) < 4.78 is 9.49. The Morgan fingerprint density at radius 2 is 2.43 bits per heavy atom. The topological polar surface area (TPSA) is 81.5 Å². The summed E-state index contributed by atoms with van der Waals surface area (Å²) in [5.41, 5.74) is 0. The zero-order chi connectivity index (χ0) is 10.6. The van der Waals surface area contributed by atoms with Crippen LogP contribution in [0.2, 0.25) is 5.02 Å². The first-order valence-corrected chi connectivity index (χ1v) is 3.92. The Bertz CT molecular complexity index is 344. The molecule has 0 saturated heterocycles. The molecule has 1 aromatic heterocycles. The Hall–Kier alpha value is -1.56. The summed E-state index contributed by atoms with van der Waals surface area (Å²) in [6.07, 6.45) is 1.27. The highest BCUT2D eigenvalue weighted by Gasteiger charge is 2.08. The molecule has 14 heavy (non-hydrogen) atoms. The van der Waals surface area contributed by atoms with E-state index in [0.29, 0.717) is 0 Å². The molecule has 1 aromatic rings. The van der Waals surface area contributed by atoms with Gasteiger partial charge in [-0.2, -0.15) is 4.98 Å². The van der Waals surface area contributed by atoms with Gasteiger partial charge in [-0.1, -0.05) is 11.6 Å². The van der Waals surface area contributed by atoms with Crippen LogP contribution in [0.15, 0.2) is 6.20 Å². The van der Waals surface area contributed by atoms with Crippen LogP contribution in [-0.2, 0) is 4.79 Å². The van der Waals surface area contributed by atoms with Crippen molar-refractivity contribution in [2.45, 2.75) is 0 Å². The van der Waals surface area contributed by atoms with Crippen LogP contribution in [0, 0.1) is 0 Å². The first-order chi connectivity index (χ1) is 6.63. The molecule has 0 fully saturated rings. The van der Waals surface area contributed by atoms with Crippen LogP contribution in [0.4, 0.5) is 0 Å². The molecular formula is C7H7ClN2O4. The lowest BCUT2D eigenvalue weighted by Gasteiger charge is -2.04. The molecular weight excluding hydrogens is 212 g/mol. The number of hydrogen-bond acceptors (Lipinski definition) is 5. The molecule has 1 rings (SSSR count). The van der Waals surface area contributed by atoms with Crippen molar-refractivity contribution in [3.63, 3.8) is 0 Å². The van der Waals surface area contributed by atoms with Gasteiger partial charge in [0.05, 0.1) is 13.3 Å². The van der Waals surface area contributed by atoms with Crippen molar-refractivity contribution in [2.75, 3.05) is 13.7 Å². The average molecular weight is 219 g/mol.